The SMILES string of the molecule is c1ccc(-c2ccc(-c3nc(-c4ccc5c(-c6cccc7oc8ccccc8c67)cccc5c4)nc(-c4ccc5ccc6oc7ccccc7c6c5c4)n3)cc2)cc1. The Hall–Kier alpha value is -7.89. The number of rotatable bonds is 5. The Morgan fingerprint density at radius 2 is 0.810 bits per heavy atom. The van der Waals surface area contributed by atoms with Gasteiger partial charge in [-0.1, -0.05) is 152 Å². The lowest BCUT2D eigenvalue weighted by Crippen LogP contribution is -2.00. The first-order valence-electron chi connectivity index (χ1n) is 19.4. The lowest BCUT2D eigenvalue weighted by atomic mass is 9.94. The first-order valence-corrected chi connectivity index (χ1v) is 19.4. The van der Waals surface area contributed by atoms with E-state index < -0.39 is 0 Å². The zero-order valence-corrected chi connectivity index (χ0v) is 31.1. The third-order valence-corrected chi connectivity index (χ3v) is 11.3. The van der Waals surface area contributed by atoms with Crippen molar-refractivity contribution in [3.8, 4) is 56.4 Å². The molecule has 270 valence electrons. The van der Waals surface area contributed by atoms with Gasteiger partial charge < -0.3 is 8.83 Å². The Kier molecular flexibility index (Phi) is 7.16. The summed E-state index contributed by atoms with van der Waals surface area (Å²) in [5.41, 5.74) is 10.8. The maximum absolute atomic E-state index is 6.26. The smallest absolute Gasteiger partial charge is 0.164 e. The second kappa shape index (κ2) is 12.8. The van der Waals surface area contributed by atoms with E-state index in [0.717, 1.165) is 104 Å². The molecule has 0 saturated carbocycles. The van der Waals surface area contributed by atoms with Crippen molar-refractivity contribution in [3.63, 3.8) is 0 Å². The highest BCUT2D eigenvalue weighted by Gasteiger charge is 2.18. The molecule has 3 aromatic heterocycles. The lowest BCUT2D eigenvalue weighted by Gasteiger charge is -2.12. The molecule has 0 aliphatic heterocycles. The van der Waals surface area contributed by atoms with E-state index in [4.69, 9.17) is 23.8 Å². The van der Waals surface area contributed by atoms with E-state index in [0.29, 0.717) is 17.5 Å². The van der Waals surface area contributed by atoms with Gasteiger partial charge in [-0.2, -0.15) is 0 Å². The third kappa shape index (κ3) is 5.21. The number of hydrogen-bond donors (Lipinski definition) is 0. The summed E-state index contributed by atoms with van der Waals surface area (Å²) in [6.07, 6.45) is 0. The highest BCUT2D eigenvalue weighted by Crippen LogP contribution is 2.41. The molecule has 0 unspecified atom stereocenters. The molecule has 5 heteroatoms. The molecule has 0 fully saturated rings. The van der Waals surface area contributed by atoms with E-state index >= 15 is 0 Å². The van der Waals surface area contributed by atoms with Crippen molar-refractivity contribution in [1.29, 1.82) is 0 Å². The average molecular weight is 742 g/mol. The summed E-state index contributed by atoms with van der Waals surface area (Å²) in [6, 6.07) is 65.2. The van der Waals surface area contributed by atoms with Gasteiger partial charge >= 0.3 is 0 Å². The van der Waals surface area contributed by atoms with Crippen LogP contribution in [0.1, 0.15) is 0 Å². The fraction of sp³-hybridized carbons (Fsp3) is 0. The minimum absolute atomic E-state index is 0.603. The van der Waals surface area contributed by atoms with E-state index in [9.17, 15) is 0 Å². The molecule has 0 saturated heterocycles. The Bertz CT molecular complexity index is 3570. The molecule has 0 spiro atoms. The van der Waals surface area contributed by atoms with E-state index in [1.54, 1.807) is 0 Å². The molecule has 12 aromatic rings. The second-order valence-corrected chi connectivity index (χ2v) is 14.7. The molecule has 0 radical (unpaired) electrons. The van der Waals surface area contributed by atoms with Crippen LogP contribution < -0.4 is 0 Å². The van der Waals surface area contributed by atoms with Gasteiger partial charge in [0.1, 0.15) is 22.3 Å². The molecule has 0 bridgehead atoms. The monoisotopic (exact) mass is 741 g/mol. The molecule has 12 rings (SSSR count). The van der Waals surface area contributed by atoms with Gasteiger partial charge in [-0.25, -0.2) is 15.0 Å². The van der Waals surface area contributed by atoms with Gasteiger partial charge in [0, 0.05) is 38.2 Å². The van der Waals surface area contributed by atoms with Crippen molar-refractivity contribution in [2.24, 2.45) is 0 Å². The minimum Gasteiger partial charge on any atom is -0.456 e. The molecular weight excluding hydrogens is 711 g/mol. The minimum atomic E-state index is 0.603. The van der Waals surface area contributed by atoms with Gasteiger partial charge in [-0.3, -0.25) is 0 Å². The van der Waals surface area contributed by atoms with Crippen molar-refractivity contribution in [1.82, 2.24) is 15.0 Å². The summed E-state index contributed by atoms with van der Waals surface area (Å²) in [6.45, 7) is 0. The van der Waals surface area contributed by atoms with E-state index in [2.05, 4.69) is 152 Å². The number of nitrogens with zero attached hydrogens (tertiary/aromatic N) is 3. The molecule has 58 heavy (non-hydrogen) atoms. The molecule has 0 atom stereocenters. The van der Waals surface area contributed by atoms with Crippen LogP contribution in [0.25, 0.3) is 122 Å². The highest BCUT2D eigenvalue weighted by atomic mass is 16.3. The maximum atomic E-state index is 6.26. The predicted octanol–water partition coefficient (Wildman–Crippen LogP) is 14.3. The summed E-state index contributed by atoms with van der Waals surface area (Å²) < 4.78 is 12.5. The number of fused-ring (bicyclic) bond motifs is 9. The van der Waals surface area contributed by atoms with E-state index in [-0.39, 0.29) is 0 Å². The van der Waals surface area contributed by atoms with Crippen molar-refractivity contribution < 1.29 is 8.83 Å². The summed E-state index contributed by atoms with van der Waals surface area (Å²) in [7, 11) is 0. The van der Waals surface area contributed by atoms with Crippen LogP contribution in [0.3, 0.4) is 0 Å². The number of furan rings is 2. The number of para-hydroxylation sites is 2. The molecule has 5 nitrogen and oxygen atoms in total. The normalized spacial score (nSPS) is 11.8. The second-order valence-electron chi connectivity index (χ2n) is 14.7. The maximum Gasteiger partial charge on any atom is 0.164 e. The molecule has 0 aliphatic carbocycles. The Labute approximate surface area is 332 Å². The van der Waals surface area contributed by atoms with Gasteiger partial charge in [-0.05, 0) is 80.2 Å². The Balaban J connectivity index is 1.03. The molecule has 9 aromatic carbocycles. The predicted molar refractivity (Wildman–Crippen MR) is 237 cm³/mol. The van der Waals surface area contributed by atoms with Crippen molar-refractivity contribution in [2.75, 3.05) is 0 Å². The van der Waals surface area contributed by atoms with Crippen molar-refractivity contribution in [3.05, 3.63) is 188 Å². The van der Waals surface area contributed by atoms with Crippen molar-refractivity contribution >= 4 is 65.4 Å². The van der Waals surface area contributed by atoms with Gasteiger partial charge in [0.2, 0.25) is 0 Å². The first-order chi connectivity index (χ1) is 28.7. The summed E-state index contributed by atoms with van der Waals surface area (Å²) in [4.78, 5) is 15.5. The van der Waals surface area contributed by atoms with Gasteiger partial charge in [0.15, 0.2) is 17.5 Å². The standard InChI is InChI=1S/C53H31N3O2/c1-2-10-32(11-3-1)33-20-23-35(24-21-33)51-54-52(56-53(55-51)38-25-22-34-27-29-48-50(44(34)31-38)43-14-5-7-18-46(43)58-48)37-26-28-39-36(30-37)12-8-15-40(39)41-16-9-19-47-49(41)42-13-4-6-17-45(42)57-47/h1-31H. The van der Waals surface area contributed by atoms with Gasteiger partial charge in [-0.15, -0.1) is 0 Å². The van der Waals surface area contributed by atoms with E-state index in [1.165, 1.54) is 0 Å². The molecule has 3 heterocycles. The van der Waals surface area contributed by atoms with Crippen LogP contribution in [0.5, 0.6) is 0 Å². The van der Waals surface area contributed by atoms with Crippen LogP contribution in [0.2, 0.25) is 0 Å². The average Bonchev–Trinajstić information content (AvgIpc) is 3.88. The Morgan fingerprint density at radius 1 is 0.276 bits per heavy atom. The number of benzene rings is 9. The van der Waals surface area contributed by atoms with Crippen LogP contribution in [-0.4, -0.2) is 15.0 Å². The highest BCUT2D eigenvalue weighted by molar-refractivity contribution is 6.19. The lowest BCUT2D eigenvalue weighted by molar-refractivity contribution is 0.668. The largest absolute Gasteiger partial charge is 0.456 e. The summed E-state index contributed by atoms with van der Waals surface area (Å²) in [5.74, 6) is 1.82. The fourth-order valence-electron chi connectivity index (χ4n) is 8.54. The molecule has 0 aliphatic rings. The van der Waals surface area contributed by atoms with Crippen LogP contribution in [0, 0.1) is 0 Å². The van der Waals surface area contributed by atoms with Gasteiger partial charge in [0.25, 0.3) is 0 Å². The number of aromatic nitrogens is 3. The van der Waals surface area contributed by atoms with Crippen LogP contribution in [-0.2, 0) is 0 Å². The third-order valence-electron chi connectivity index (χ3n) is 11.3. The zero-order valence-electron chi connectivity index (χ0n) is 31.1. The molecule has 0 N–H and O–H groups in total. The summed E-state index contributed by atoms with van der Waals surface area (Å²) in [5, 5.41) is 8.85. The van der Waals surface area contributed by atoms with Crippen LogP contribution in [0.4, 0.5) is 0 Å². The van der Waals surface area contributed by atoms with Crippen molar-refractivity contribution in [2.45, 2.75) is 0 Å². The molecular formula is C53H31N3O2. The quantitative estimate of drug-likeness (QED) is 0.176. The van der Waals surface area contributed by atoms with E-state index in [1.807, 2.05) is 36.4 Å². The topological polar surface area (TPSA) is 65.0 Å². The number of hydrogen-bond acceptors (Lipinski definition) is 5. The van der Waals surface area contributed by atoms with Crippen LogP contribution in [0.15, 0.2) is 197 Å². The Morgan fingerprint density at radius 3 is 1.59 bits per heavy atom. The first kappa shape index (κ1) is 32.4. The summed E-state index contributed by atoms with van der Waals surface area (Å²) >= 11 is 0. The zero-order chi connectivity index (χ0) is 38.2. The van der Waals surface area contributed by atoms with Gasteiger partial charge in [0.05, 0.1) is 0 Å². The van der Waals surface area contributed by atoms with Crippen LogP contribution >= 0.6 is 0 Å². The fourth-order valence-corrected chi connectivity index (χ4v) is 8.54. The molecule has 0 amide bonds.